The summed E-state index contributed by atoms with van der Waals surface area (Å²) in [5, 5.41) is 6.92. The van der Waals surface area contributed by atoms with Gasteiger partial charge in [0.05, 0.1) is 11.3 Å². The average Bonchev–Trinajstić information content (AvgIpc) is 3.23. The summed E-state index contributed by atoms with van der Waals surface area (Å²) in [6.07, 6.45) is 3.36. The topological polar surface area (TPSA) is 73.2 Å². The summed E-state index contributed by atoms with van der Waals surface area (Å²) in [7, 11) is 0. The highest BCUT2D eigenvalue weighted by molar-refractivity contribution is 5.92. The zero-order valence-electron chi connectivity index (χ0n) is 15.0. The summed E-state index contributed by atoms with van der Waals surface area (Å²) < 4.78 is 6.95. The molecule has 0 aliphatic carbocycles. The number of hydrogen-bond donors (Lipinski definition) is 1. The Morgan fingerprint density at radius 2 is 1.81 bits per heavy atom. The largest absolute Gasteiger partial charge is 0.449 e. The van der Waals surface area contributed by atoms with Crippen LogP contribution in [0.15, 0.2) is 73.1 Å². The molecule has 1 amide bonds. The molecule has 3 rings (SSSR count). The smallest absolute Gasteiger partial charge is 0.338 e. The molecule has 0 spiro atoms. The maximum Gasteiger partial charge on any atom is 0.338 e. The summed E-state index contributed by atoms with van der Waals surface area (Å²) in [4.78, 5) is 24.3. The molecule has 3 aromatic rings. The SMILES string of the molecule is C[C@H](OC(=O)c1ccc(-n2cccn2)cc1)C(=O)NCCc1ccccc1. The number of nitrogens with zero attached hydrogens (tertiary/aromatic N) is 2. The number of ether oxygens (including phenoxy) is 1. The molecule has 0 fully saturated rings. The minimum atomic E-state index is -0.862. The van der Waals surface area contributed by atoms with Crippen LogP contribution in [0.1, 0.15) is 22.8 Å². The summed E-state index contributed by atoms with van der Waals surface area (Å²) in [6, 6.07) is 18.5. The number of aromatic nitrogens is 2. The molecule has 0 aliphatic heterocycles. The van der Waals surface area contributed by atoms with Gasteiger partial charge in [-0.3, -0.25) is 4.79 Å². The molecule has 27 heavy (non-hydrogen) atoms. The number of hydrogen-bond acceptors (Lipinski definition) is 4. The van der Waals surface area contributed by atoms with Crippen molar-refractivity contribution in [2.75, 3.05) is 6.54 Å². The molecule has 6 heteroatoms. The van der Waals surface area contributed by atoms with Crippen LogP contribution < -0.4 is 5.32 Å². The second-order valence-corrected chi connectivity index (χ2v) is 6.07. The Kier molecular flexibility index (Phi) is 5.99. The minimum Gasteiger partial charge on any atom is -0.449 e. The van der Waals surface area contributed by atoms with E-state index in [0.29, 0.717) is 12.1 Å². The monoisotopic (exact) mass is 363 g/mol. The predicted molar refractivity (Wildman–Crippen MR) is 102 cm³/mol. The standard InChI is InChI=1S/C21H21N3O3/c1-16(20(25)22-14-12-17-6-3-2-4-7-17)27-21(26)18-8-10-19(11-9-18)24-15-5-13-23-24/h2-11,13,15-16H,12,14H2,1H3,(H,22,25)/t16-/m0/s1. The second-order valence-electron chi connectivity index (χ2n) is 6.07. The number of nitrogens with one attached hydrogen (secondary N) is 1. The van der Waals surface area contributed by atoms with Gasteiger partial charge in [-0.15, -0.1) is 0 Å². The van der Waals surface area contributed by atoms with Crippen LogP contribution in [0.25, 0.3) is 5.69 Å². The quantitative estimate of drug-likeness (QED) is 0.655. The molecule has 0 saturated heterocycles. The predicted octanol–water partition coefficient (Wildman–Crippen LogP) is 2.78. The normalized spacial score (nSPS) is 11.6. The van der Waals surface area contributed by atoms with Gasteiger partial charge in [0.1, 0.15) is 0 Å². The first-order chi connectivity index (χ1) is 13.1. The summed E-state index contributed by atoms with van der Waals surface area (Å²) in [5.74, 6) is -0.847. The number of esters is 1. The van der Waals surface area contributed by atoms with E-state index in [-0.39, 0.29) is 5.91 Å². The second kappa shape index (κ2) is 8.80. The van der Waals surface area contributed by atoms with Crippen LogP contribution in [0.3, 0.4) is 0 Å². The lowest BCUT2D eigenvalue weighted by Gasteiger charge is -2.14. The minimum absolute atomic E-state index is 0.313. The van der Waals surface area contributed by atoms with Crippen LogP contribution in [-0.4, -0.2) is 34.3 Å². The lowest BCUT2D eigenvalue weighted by atomic mass is 10.1. The zero-order valence-corrected chi connectivity index (χ0v) is 15.0. The van der Waals surface area contributed by atoms with Crippen molar-refractivity contribution in [1.29, 1.82) is 0 Å². The molecule has 138 valence electrons. The van der Waals surface area contributed by atoms with Crippen molar-refractivity contribution in [2.24, 2.45) is 0 Å². The van der Waals surface area contributed by atoms with Gasteiger partial charge in [-0.1, -0.05) is 30.3 Å². The third-order valence-electron chi connectivity index (χ3n) is 4.08. The van der Waals surface area contributed by atoms with Crippen LogP contribution in [0.4, 0.5) is 0 Å². The number of amides is 1. The molecule has 1 N–H and O–H groups in total. The molecule has 6 nitrogen and oxygen atoms in total. The van der Waals surface area contributed by atoms with Crippen LogP contribution in [0.5, 0.6) is 0 Å². The third-order valence-corrected chi connectivity index (χ3v) is 4.08. The molecule has 0 unspecified atom stereocenters. The average molecular weight is 363 g/mol. The van der Waals surface area contributed by atoms with Crippen molar-refractivity contribution in [2.45, 2.75) is 19.4 Å². The van der Waals surface area contributed by atoms with E-state index in [9.17, 15) is 9.59 Å². The first-order valence-electron chi connectivity index (χ1n) is 8.76. The van der Waals surface area contributed by atoms with E-state index in [1.165, 1.54) is 0 Å². The van der Waals surface area contributed by atoms with Gasteiger partial charge in [0.2, 0.25) is 0 Å². The Morgan fingerprint density at radius 1 is 1.07 bits per heavy atom. The fraction of sp³-hybridized carbons (Fsp3) is 0.190. The maximum atomic E-state index is 12.2. The molecule has 0 saturated carbocycles. The molecule has 0 aliphatic rings. The van der Waals surface area contributed by atoms with Crippen molar-refractivity contribution in [3.05, 3.63) is 84.2 Å². The highest BCUT2D eigenvalue weighted by atomic mass is 16.5. The summed E-state index contributed by atoms with van der Waals surface area (Å²) >= 11 is 0. The lowest BCUT2D eigenvalue weighted by molar-refractivity contribution is -0.129. The summed E-state index contributed by atoms with van der Waals surface area (Å²) in [6.45, 7) is 2.05. The van der Waals surface area contributed by atoms with E-state index >= 15 is 0 Å². The zero-order chi connectivity index (χ0) is 19.1. The first kappa shape index (κ1) is 18.4. The van der Waals surface area contributed by atoms with E-state index < -0.39 is 12.1 Å². The van der Waals surface area contributed by atoms with Gasteiger partial charge in [-0.2, -0.15) is 5.10 Å². The van der Waals surface area contributed by atoms with Crippen LogP contribution in [0, 0.1) is 0 Å². The van der Waals surface area contributed by atoms with Crippen molar-refractivity contribution in [3.8, 4) is 5.69 Å². The van der Waals surface area contributed by atoms with Gasteiger partial charge >= 0.3 is 5.97 Å². The third kappa shape index (κ3) is 5.04. The maximum absolute atomic E-state index is 12.2. The van der Waals surface area contributed by atoms with E-state index in [4.69, 9.17) is 4.74 Å². The van der Waals surface area contributed by atoms with Gasteiger partial charge in [0.15, 0.2) is 6.10 Å². The van der Waals surface area contributed by atoms with Gasteiger partial charge < -0.3 is 10.1 Å². The Bertz CT molecular complexity index is 875. The van der Waals surface area contributed by atoms with Gasteiger partial charge in [0.25, 0.3) is 5.91 Å². The van der Waals surface area contributed by atoms with E-state index in [2.05, 4.69) is 10.4 Å². The lowest BCUT2D eigenvalue weighted by Crippen LogP contribution is -2.36. The molecule has 1 heterocycles. The van der Waals surface area contributed by atoms with Crippen LogP contribution in [-0.2, 0) is 16.0 Å². The van der Waals surface area contributed by atoms with Gasteiger partial charge in [-0.05, 0) is 49.2 Å². The van der Waals surface area contributed by atoms with Crippen molar-refractivity contribution in [1.82, 2.24) is 15.1 Å². The van der Waals surface area contributed by atoms with E-state index in [1.807, 2.05) is 42.6 Å². The number of rotatable bonds is 7. The number of carbonyl (C=O) groups is 2. The van der Waals surface area contributed by atoms with Crippen LogP contribution >= 0.6 is 0 Å². The van der Waals surface area contributed by atoms with E-state index in [1.54, 1.807) is 42.1 Å². The first-order valence-corrected chi connectivity index (χ1v) is 8.76. The molecule has 2 aromatic carbocycles. The molecule has 0 radical (unpaired) electrons. The fourth-order valence-electron chi connectivity index (χ4n) is 2.57. The Balaban J connectivity index is 1.48. The number of benzene rings is 2. The Hall–Kier alpha value is -3.41. The fourth-order valence-corrected chi connectivity index (χ4v) is 2.57. The van der Waals surface area contributed by atoms with Gasteiger partial charge in [0, 0.05) is 18.9 Å². The van der Waals surface area contributed by atoms with E-state index in [0.717, 1.165) is 17.7 Å². The van der Waals surface area contributed by atoms with Crippen molar-refractivity contribution < 1.29 is 14.3 Å². The molecule has 1 atom stereocenters. The van der Waals surface area contributed by atoms with Crippen molar-refractivity contribution >= 4 is 11.9 Å². The molecular formula is C21H21N3O3. The molecular weight excluding hydrogens is 342 g/mol. The molecule has 1 aromatic heterocycles. The highest BCUT2D eigenvalue weighted by Gasteiger charge is 2.18. The molecule has 0 bridgehead atoms. The Labute approximate surface area is 157 Å². The summed E-state index contributed by atoms with van der Waals surface area (Å²) in [5.41, 5.74) is 2.36. The highest BCUT2D eigenvalue weighted by Crippen LogP contribution is 2.10. The van der Waals surface area contributed by atoms with Crippen molar-refractivity contribution in [3.63, 3.8) is 0 Å². The number of carbonyl (C=O) groups excluding carboxylic acids is 2. The van der Waals surface area contributed by atoms with Gasteiger partial charge in [-0.25, -0.2) is 9.48 Å². The van der Waals surface area contributed by atoms with Crippen LogP contribution in [0.2, 0.25) is 0 Å². The Morgan fingerprint density at radius 3 is 2.48 bits per heavy atom.